The van der Waals surface area contributed by atoms with Gasteiger partial charge in [-0.2, -0.15) is 0 Å². The molecule has 0 heterocycles. The molecule has 0 spiro atoms. The number of hydrogen-bond acceptors (Lipinski definition) is 2. The average Bonchev–Trinajstić information content (AvgIpc) is 2.62. The van der Waals surface area contributed by atoms with Crippen LogP contribution in [0.5, 0.6) is 0 Å². The van der Waals surface area contributed by atoms with Gasteiger partial charge in [-0.25, -0.2) is 0 Å². The number of carbonyl (C=O) groups excluding carboxylic acids is 1. The minimum Gasteiger partial charge on any atom is -0.352 e. The van der Waals surface area contributed by atoms with Gasteiger partial charge in [0, 0.05) is 38.8 Å². The fourth-order valence-corrected chi connectivity index (χ4v) is 2.38. The van der Waals surface area contributed by atoms with E-state index in [2.05, 4.69) is 34.0 Å². The Labute approximate surface area is 152 Å². The van der Waals surface area contributed by atoms with Crippen molar-refractivity contribution in [1.82, 2.24) is 15.5 Å². The van der Waals surface area contributed by atoms with Crippen LogP contribution in [0, 0.1) is 0 Å². The second kappa shape index (κ2) is 11.3. The van der Waals surface area contributed by atoms with Gasteiger partial charge >= 0.3 is 0 Å². The van der Waals surface area contributed by atoms with Crippen molar-refractivity contribution >= 4 is 11.9 Å². The summed E-state index contributed by atoms with van der Waals surface area (Å²) in [5.41, 5.74) is 1.74. The number of allylic oxidation sites excluding steroid dienone is 1. The van der Waals surface area contributed by atoms with Crippen LogP contribution in [0.15, 0.2) is 41.9 Å². The molecule has 1 aromatic rings. The average molecular weight is 345 g/mol. The molecule has 0 aromatic heterocycles. The highest BCUT2D eigenvalue weighted by atomic mass is 16.1. The quantitative estimate of drug-likeness (QED) is 0.313. The SMILES string of the molecule is C=CCCCN(C)C(=NC)NCc1cccc(C(=O)NC(C)CC)c1. The number of guanidine groups is 1. The summed E-state index contributed by atoms with van der Waals surface area (Å²) in [5, 5.41) is 6.35. The first-order valence-corrected chi connectivity index (χ1v) is 8.94. The zero-order valence-corrected chi connectivity index (χ0v) is 16.0. The van der Waals surface area contributed by atoms with Crippen molar-refractivity contribution in [3.8, 4) is 0 Å². The van der Waals surface area contributed by atoms with Gasteiger partial charge in [0.15, 0.2) is 5.96 Å². The van der Waals surface area contributed by atoms with Crippen LogP contribution in [0.3, 0.4) is 0 Å². The van der Waals surface area contributed by atoms with E-state index in [1.54, 1.807) is 7.05 Å². The van der Waals surface area contributed by atoms with Crippen LogP contribution in [0.4, 0.5) is 0 Å². The Morgan fingerprint density at radius 1 is 1.44 bits per heavy atom. The van der Waals surface area contributed by atoms with Crippen molar-refractivity contribution in [2.75, 3.05) is 20.6 Å². The minimum absolute atomic E-state index is 0.0258. The van der Waals surface area contributed by atoms with Crippen molar-refractivity contribution in [2.45, 2.75) is 45.7 Å². The molecule has 1 rings (SSSR count). The van der Waals surface area contributed by atoms with Crippen LogP contribution in [0.2, 0.25) is 0 Å². The summed E-state index contributed by atoms with van der Waals surface area (Å²) in [4.78, 5) is 18.7. The fraction of sp³-hybridized carbons (Fsp3) is 0.500. The molecule has 0 fully saturated rings. The molecule has 0 radical (unpaired) electrons. The summed E-state index contributed by atoms with van der Waals surface area (Å²) in [6.07, 6.45) is 4.89. The number of rotatable bonds is 9. The van der Waals surface area contributed by atoms with Crippen LogP contribution in [0.25, 0.3) is 0 Å². The maximum Gasteiger partial charge on any atom is 0.251 e. The van der Waals surface area contributed by atoms with Crippen LogP contribution in [-0.2, 0) is 6.54 Å². The third-order valence-corrected chi connectivity index (χ3v) is 4.10. The van der Waals surface area contributed by atoms with E-state index in [4.69, 9.17) is 0 Å². The van der Waals surface area contributed by atoms with E-state index >= 15 is 0 Å². The summed E-state index contributed by atoms with van der Waals surface area (Å²) in [6, 6.07) is 7.88. The molecule has 0 aliphatic rings. The number of amides is 1. The van der Waals surface area contributed by atoms with Gasteiger partial charge in [-0.1, -0.05) is 25.1 Å². The van der Waals surface area contributed by atoms with Crippen molar-refractivity contribution < 1.29 is 4.79 Å². The predicted octanol–water partition coefficient (Wildman–Crippen LogP) is 3.19. The lowest BCUT2D eigenvalue weighted by molar-refractivity contribution is 0.0939. The van der Waals surface area contributed by atoms with Gasteiger partial charge in [0.2, 0.25) is 0 Å². The summed E-state index contributed by atoms with van der Waals surface area (Å²) >= 11 is 0. The number of nitrogens with zero attached hydrogens (tertiary/aromatic N) is 2. The molecule has 5 nitrogen and oxygen atoms in total. The van der Waals surface area contributed by atoms with E-state index < -0.39 is 0 Å². The zero-order valence-electron chi connectivity index (χ0n) is 16.0. The van der Waals surface area contributed by atoms with Crippen molar-refractivity contribution in [2.24, 2.45) is 4.99 Å². The van der Waals surface area contributed by atoms with E-state index in [-0.39, 0.29) is 11.9 Å². The van der Waals surface area contributed by atoms with Gasteiger partial charge in [-0.05, 0) is 43.9 Å². The highest BCUT2D eigenvalue weighted by Crippen LogP contribution is 2.06. The highest BCUT2D eigenvalue weighted by molar-refractivity contribution is 5.94. The van der Waals surface area contributed by atoms with E-state index in [0.717, 1.165) is 37.3 Å². The molecule has 0 bridgehead atoms. The molecule has 138 valence electrons. The molecule has 5 heteroatoms. The normalized spacial score (nSPS) is 12.4. The Morgan fingerprint density at radius 2 is 2.20 bits per heavy atom. The lowest BCUT2D eigenvalue weighted by Crippen LogP contribution is -2.39. The third kappa shape index (κ3) is 7.42. The van der Waals surface area contributed by atoms with Gasteiger partial charge in [-0.3, -0.25) is 9.79 Å². The lowest BCUT2D eigenvalue weighted by Gasteiger charge is -2.22. The molecule has 25 heavy (non-hydrogen) atoms. The number of aliphatic imine (C=N–C) groups is 1. The number of carbonyl (C=O) groups is 1. The molecule has 1 unspecified atom stereocenters. The topological polar surface area (TPSA) is 56.7 Å². The summed E-state index contributed by atoms with van der Waals surface area (Å²) in [5.74, 6) is 0.820. The maximum atomic E-state index is 12.2. The first-order chi connectivity index (χ1) is 12.0. The number of nitrogens with one attached hydrogen (secondary N) is 2. The second-order valence-corrected chi connectivity index (χ2v) is 6.24. The number of benzene rings is 1. The summed E-state index contributed by atoms with van der Waals surface area (Å²) in [6.45, 7) is 9.36. The molecule has 0 saturated heterocycles. The largest absolute Gasteiger partial charge is 0.352 e. The van der Waals surface area contributed by atoms with E-state index in [0.29, 0.717) is 12.1 Å². The van der Waals surface area contributed by atoms with Crippen LogP contribution < -0.4 is 10.6 Å². The Morgan fingerprint density at radius 3 is 2.84 bits per heavy atom. The Bertz CT molecular complexity index is 583. The lowest BCUT2D eigenvalue weighted by atomic mass is 10.1. The highest BCUT2D eigenvalue weighted by Gasteiger charge is 2.10. The van der Waals surface area contributed by atoms with Gasteiger partial charge in [-0.15, -0.1) is 6.58 Å². The van der Waals surface area contributed by atoms with Crippen LogP contribution in [-0.4, -0.2) is 43.4 Å². The van der Waals surface area contributed by atoms with Gasteiger partial charge in [0.1, 0.15) is 0 Å². The van der Waals surface area contributed by atoms with Crippen molar-refractivity contribution in [1.29, 1.82) is 0 Å². The van der Waals surface area contributed by atoms with E-state index in [1.807, 2.05) is 44.3 Å². The third-order valence-electron chi connectivity index (χ3n) is 4.10. The standard InChI is InChI=1S/C20H32N4O/c1-6-8-9-13-24(5)20(21-4)22-15-17-11-10-12-18(14-17)19(25)23-16(3)7-2/h6,10-12,14,16H,1,7-9,13,15H2,2-5H3,(H,21,22)(H,23,25). The predicted molar refractivity (Wildman–Crippen MR) is 106 cm³/mol. The first kappa shape index (κ1) is 20.7. The Hall–Kier alpha value is -2.30. The molecule has 0 aliphatic carbocycles. The summed E-state index contributed by atoms with van der Waals surface area (Å²) in [7, 11) is 3.80. The smallest absolute Gasteiger partial charge is 0.251 e. The summed E-state index contributed by atoms with van der Waals surface area (Å²) < 4.78 is 0. The molecule has 1 amide bonds. The Balaban J connectivity index is 2.63. The van der Waals surface area contributed by atoms with Crippen molar-refractivity contribution in [3.63, 3.8) is 0 Å². The van der Waals surface area contributed by atoms with E-state index in [1.165, 1.54) is 0 Å². The van der Waals surface area contributed by atoms with Crippen LogP contribution in [0.1, 0.15) is 49.0 Å². The molecular weight excluding hydrogens is 312 g/mol. The zero-order chi connectivity index (χ0) is 18.7. The maximum absolute atomic E-state index is 12.2. The molecule has 0 saturated carbocycles. The number of unbranched alkanes of at least 4 members (excludes halogenated alkanes) is 1. The molecule has 1 aromatic carbocycles. The van der Waals surface area contributed by atoms with Gasteiger partial charge < -0.3 is 15.5 Å². The minimum atomic E-state index is -0.0258. The van der Waals surface area contributed by atoms with Crippen LogP contribution >= 0.6 is 0 Å². The first-order valence-electron chi connectivity index (χ1n) is 8.94. The molecule has 2 N–H and O–H groups in total. The second-order valence-electron chi connectivity index (χ2n) is 6.24. The fourth-order valence-electron chi connectivity index (χ4n) is 2.38. The van der Waals surface area contributed by atoms with Crippen molar-refractivity contribution in [3.05, 3.63) is 48.0 Å². The monoisotopic (exact) mass is 344 g/mol. The Kier molecular flexibility index (Phi) is 9.37. The molecule has 0 aliphatic heterocycles. The number of hydrogen-bond donors (Lipinski definition) is 2. The van der Waals surface area contributed by atoms with Gasteiger partial charge in [0.05, 0.1) is 0 Å². The van der Waals surface area contributed by atoms with Gasteiger partial charge in [0.25, 0.3) is 5.91 Å². The van der Waals surface area contributed by atoms with E-state index in [9.17, 15) is 4.79 Å². The molecular formula is C20H32N4O. The molecule has 1 atom stereocenters.